The Morgan fingerprint density at radius 1 is 1.03 bits per heavy atom. The second-order valence-electron chi connectivity index (χ2n) is 8.89. The van der Waals surface area contributed by atoms with E-state index in [0.717, 1.165) is 17.5 Å². The molecule has 0 saturated heterocycles. The van der Waals surface area contributed by atoms with Crippen molar-refractivity contribution >= 4 is 50.0 Å². The van der Waals surface area contributed by atoms with Gasteiger partial charge in [-0.25, -0.2) is 8.42 Å². The van der Waals surface area contributed by atoms with Crippen LogP contribution in [0.4, 0.5) is 5.69 Å². The summed E-state index contributed by atoms with van der Waals surface area (Å²) < 4.78 is 30.0. The van der Waals surface area contributed by atoms with E-state index in [-0.39, 0.29) is 29.2 Å². The van der Waals surface area contributed by atoms with Gasteiger partial charge in [-0.1, -0.05) is 41.9 Å². The number of hydrogen-bond donors (Lipinski definition) is 3. The monoisotopic (exact) mass is 536 g/mol. The van der Waals surface area contributed by atoms with Crippen molar-refractivity contribution in [2.45, 2.75) is 23.8 Å². The molecule has 2 amide bonds. The van der Waals surface area contributed by atoms with Crippen LogP contribution in [0.5, 0.6) is 0 Å². The molecule has 0 aliphatic carbocycles. The van der Waals surface area contributed by atoms with Gasteiger partial charge in [0.1, 0.15) is 5.69 Å². The van der Waals surface area contributed by atoms with Crippen LogP contribution in [0.3, 0.4) is 0 Å². The summed E-state index contributed by atoms with van der Waals surface area (Å²) in [5, 5.41) is 6.95. The molecule has 10 heteroatoms. The lowest BCUT2D eigenvalue weighted by Gasteiger charge is -2.27. The highest BCUT2D eigenvalue weighted by molar-refractivity contribution is 7.92. The van der Waals surface area contributed by atoms with Gasteiger partial charge in [0.25, 0.3) is 15.9 Å². The number of hydrogen-bond acceptors (Lipinski definition) is 4. The summed E-state index contributed by atoms with van der Waals surface area (Å²) in [6.45, 7) is 0.852. The van der Waals surface area contributed by atoms with Crippen molar-refractivity contribution in [2.75, 3.05) is 17.8 Å². The average Bonchev–Trinajstić information content (AvgIpc) is 3.26. The van der Waals surface area contributed by atoms with Gasteiger partial charge < -0.3 is 15.2 Å². The van der Waals surface area contributed by atoms with Crippen molar-refractivity contribution in [3.8, 4) is 0 Å². The van der Waals surface area contributed by atoms with Gasteiger partial charge in [0.05, 0.1) is 10.9 Å². The lowest BCUT2D eigenvalue weighted by atomic mass is 10.1. The Kier molecular flexibility index (Phi) is 6.90. The third kappa shape index (κ3) is 5.47. The summed E-state index contributed by atoms with van der Waals surface area (Å²) >= 11 is 5.87. The molecule has 0 saturated carbocycles. The Balaban J connectivity index is 1.33. The number of fused-ring (bicyclic) bond motifs is 3. The molecule has 1 aliphatic heterocycles. The first-order valence-electron chi connectivity index (χ1n) is 11.8. The predicted octanol–water partition coefficient (Wildman–Crippen LogP) is 4.13. The van der Waals surface area contributed by atoms with Gasteiger partial charge in [0, 0.05) is 41.1 Å². The topological polar surface area (TPSA) is 109 Å². The minimum atomic E-state index is -3.81. The maximum atomic E-state index is 12.8. The smallest absolute Gasteiger partial charge is 0.268 e. The maximum Gasteiger partial charge on any atom is 0.268 e. The summed E-state index contributed by atoms with van der Waals surface area (Å²) in [5.74, 6) is -0.336. The number of sulfonamides is 1. The molecule has 4 aromatic rings. The molecule has 0 spiro atoms. The number of aromatic nitrogens is 1. The van der Waals surface area contributed by atoms with Crippen LogP contribution in [0, 0.1) is 0 Å². The van der Waals surface area contributed by atoms with Crippen LogP contribution in [0.2, 0.25) is 5.02 Å². The quantitative estimate of drug-likeness (QED) is 0.314. The normalized spacial score (nSPS) is 15.2. The minimum Gasteiger partial charge on any atom is -0.356 e. The van der Waals surface area contributed by atoms with E-state index >= 15 is 0 Å². The van der Waals surface area contributed by atoms with E-state index < -0.39 is 10.0 Å². The molecule has 2 heterocycles. The predicted molar refractivity (Wildman–Crippen MR) is 143 cm³/mol. The van der Waals surface area contributed by atoms with Gasteiger partial charge in [-0.2, -0.15) is 0 Å². The summed E-state index contributed by atoms with van der Waals surface area (Å²) in [6.07, 6.45) is 0.942. The van der Waals surface area contributed by atoms with Crippen molar-refractivity contribution in [2.24, 2.45) is 0 Å². The number of anilines is 1. The van der Waals surface area contributed by atoms with Crippen molar-refractivity contribution in [1.29, 1.82) is 0 Å². The molecule has 5 rings (SSSR count). The molecule has 1 atom stereocenters. The molecule has 3 N–H and O–H groups in total. The van der Waals surface area contributed by atoms with Crippen molar-refractivity contribution in [3.05, 3.63) is 95.1 Å². The number of carbonyl (C=O) groups is 2. The van der Waals surface area contributed by atoms with Gasteiger partial charge in [-0.05, 0) is 60.5 Å². The van der Waals surface area contributed by atoms with Crippen LogP contribution in [-0.4, -0.2) is 37.9 Å². The first-order chi connectivity index (χ1) is 17.8. The second kappa shape index (κ2) is 10.3. The van der Waals surface area contributed by atoms with Crippen LogP contribution in [0.1, 0.15) is 28.5 Å². The lowest BCUT2D eigenvalue weighted by Crippen LogP contribution is -2.41. The molecule has 1 aromatic heterocycles. The number of carbonyl (C=O) groups excluding carboxylic acids is 2. The van der Waals surface area contributed by atoms with Gasteiger partial charge in [-0.15, -0.1) is 0 Å². The van der Waals surface area contributed by atoms with Crippen LogP contribution in [-0.2, 0) is 21.2 Å². The maximum absolute atomic E-state index is 12.8. The highest BCUT2D eigenvalue weighted by Crippen LogP contribution is 2.31. The summed E-state index contributed by atoms with van der Waals surface area (Å²) in [6, 6.07) is 22.3. The van der Waals surface area contributed by atoms with Crippen molar-refractivity contribution < 1.29 is 18.0 Å². The zero-order chi connectivity index (χ0) is 26.0. The Morgan fingerprint density at radius 3 is 2.54 bits per heavy atom. The largest absolute Gasteiger partial charge is 0.356 e. The number of nitrogens with zero attached hydrogens (tertiary/aromatic N) is 1. The molecule has 37 heavy (non-hydrogen) atoms. The lowest BCUT2D eigenvalue weighted by molar-refractivity contribution is -0.121. The molecule has 0 radical (unpaired) electrons. The molecular formula is C27H25ClN4O4S. The van der Waals surface area contributed by atoms with E-state index in [0.29, 0.717) is 34.9 Å². The van der Waals surface area contributed by atoms with Crippen LogP contribution >= 0.6 is 11.6 Å². The highest BCUT2D eigenvalue weighted by Gasteiger charge is 2.29. The molecule has 0 fully saturated rings. The first-order valence-corrected chi connectivity index (χ1v) is 13.7. The number of nitrogens with one attached hydrogen (secondary N) is 3. The molecule has 0 bridgehead atoms. The Bertz CT molecular complexity index is 1570. The van der Waals surface area contributed by atoms with E-state index in [4.69, 9.17) is 11.6 Å². The fourth-order valence-corrected chi connectivity index (χ4v) is 5.70. The van der Waals surface area contributed by atoms with E-state index in [1.54, 1.807) is 24.3 Å². The number of rotatable bonds is 8. The summed E-state index contributed by atoms with van der Waals surface area (Å²) in [5.41, 5.74) is 2.69. The van der Waals surface area contributed by atoms with Crippen molar-refractivity contribution in [3.63, 3.8) is 0 Å². The molecule has 3 aromatic carbocycles. The van der Waals surface area contributed by atoms with Crippen LogP contribution < -0.4 is 15.4 Å². The second-order valence-corrected chi connectivity index (χ2v) is 11.0. The highest BCUT2D eigenvalue weighted by atomic mass is 35.5. The van der Waals surface area contributed by atoms with E-state index in [1.807, 2.05) is 34.9 Å². The molecule has 8 nitrogen and oxygen atoms in total. The van der Waals surface area contributed by atoms with E-state index in [9.17, 15) is 18.0 Å². The van der Waals surface area contributed by atoms with E-state index in [2.05, 4.69) is 15.4 Å². The van der Waals surface area contributed by atoms with Gasteiger partial charge in [0.15, 0.2) is 0 Å². The molecule has 190 valence electrons. The van der Waals surface area contributed by atoms with Crippen LogP contribution in [0.25, 0.3) is 10.9 Å². The number of halogens is 1. The third-order valence-electron chi connectivity index (χ3n) is 6.31. The van der Waals surface area contributed by atoms with E-state index in [1.165, 1.54) is 24.3 Å². The minimum absolute atomic E-state index is 0.0888. The molecule has 1 unspecified atom stereocenters. The Morgan fingerprint density at radius 2 is 1.78 bits per heavy atom. The van der Waals surface area contributed by atoms with Crippen LogP contribution in [0.15, 0.2) is 83.8 Å². The first kappa shape index (κ1) is 24.9. The molecular weight excluding hydrogens is 512 g/mol. The van der Waals surface area contributed by atoms with Crippen molar-refractivity contribution in [1.82, 2.24) is 15.2 Å². The van der Waals surface area contributed by atoms with Gasteiger partial charge >= 0.3 is 0 Å². The number of amides is 2. The standard InChI is InChI=1S/C27H25ClN4O4S/c28-20-6-9-23(10-7-20)37(35,36)31-21-8-11-24-19(14-21)15-25-27(34)30-17-22(32(24)25)16-26(33)29-13-12-18-4-2-1-3-5-18/h1-11,14-15,22,31H,12-13,16-17H2,(H,29,33)(H,30,34). The summed E-state index contributed by atoms with van der Waals surface area (Å²) in [4.78, 5) is 25.4. The fourth-order valence-electron chi connectivity index (χ4n) is 4.53. The Labute approximate surface area is 219 Å². The SMILES string of the molecule is O=C(CC1CNC(=O)c2cc3cc(NS(=O)(=O)c4ccc(Cl)cc4)ccc3n21)NCCc1ccccc1. The molecule has 1 aliphatic rings. The average molecular weight is 537 g/mol. The zero-order valence-electron chi connectivity index (χ0n) is 19.8. The Hall–Kier alpha value is -3.82. The number of benzene rings is 3. The van der Waals surface area contributed by atoms with Gasteiger partial charge in [-0.3, -0.25) is 14.3 Å². The van der Waals surface area contributed by atoms with Gasteiger partial charge in [0.2, 0.25) is 5.91 Å². The third-order valence-corrected chi connectivity index (χ3v) is 7.96. The summed E-state index contributed by atoms with van der Waals surface area (Å²) in [7, 11) is -3.81. The zero-order valence-corrected chi connectivity index (χ0v) is 21.4. The fraction of sp³-hybridized carbons (Fsp3) is 0.185.